The van der Waals surface area contributed by atoms with Gasteiger partial charge in [-0.15, -0.1) is 11.3 Å². The molecule has 3 nitrogen and oxygen atoms in total. The van der Waals surface area contributed by atoms with Gasteiger partial charge in [-0.2, -0.15) is 5.10 Å². The zero-order chi connectivity index (χ0) is 19.8. The number of nitrogens with one attached hydrogen (secondary N) is 1. The second-order valence-corrected chi connectivity index (χ2v) is 8.83. The molecule has 0 saturated carbocycles. The Kier molecular flexibility index (Phi) is 4.89. The van der Waals surface area contributed by atoms with Crippen molar-refractivity contribution in [3.8, 4) is 0 Å². The van der Waals surface area contributed by atoms with Crippen LogP contribution in [0.15, 0.2) is 59.7 Å². The molecule has 5 rings (SSSR count). The molecule has 0 saturated heterocycles. The molecule has 29 heavy (non-hydrogen) atoms. The van der Waals surface area contributed by atoms with Gasteiger partial charge < -0.3 is 5.32 Å². The molecule has 1 aliphatic carbocycles. The maximum Gasteiger partial charge on any atom is 0.195 e. The molecule has 0 bridgehead atoms. The monoisotopic (exact) mass is 421 g/mol. The number of nitrogens with zero attached hydrogens (tertiary/aromatic N) is 2. The largest absolute Gasteiger partial charge is 0.322 e. The van der Waals surface area contributed by atoms with E-state index >= 15 is 0 Å². The molecule has 3 aromatic rings. The third-order valence-corrected chi connectivity index (χ3v) is 6.99. The Balaban J connectivity index is 1.61. The van der Waals surface area contributed by atoms with Crippen molar-refractivity contribution < 1.29 is 4.39 Å². The number of benzene rings is 2. The molecular weight excluding hydrogens is 401 g/mol. The maximum atomic E-state index is 13.2. The van der Waals surface area contributed by atoms with Crippen molar-refractivity contribution in [1.82, 2.24) is 5.01 Å². The summed E-state index contributed by atoms with van der Waals surface area (Å²) in [4.78, 5) is 1.47. The third kappa shape index (κ3) is 3.47. The van der Waals surface area contributed by atoms with Crippen molar-refractivity contribution in [2.24, 2.45) is 5.10 Å². The van der Waals surface area contributed by atoms with Crippen LogP contribution in [0, 0.1) is 5.82 Å². The number of aryl methyl sites for hydroxylation is 1. The first-order chi connectivity index (χ1) is 14.2. The average molecular weight is 422 g/mol. The van der Waals surface area contributed by atoms with Crippen LogP contribution in [-0.2, 0) is 12.8 Å². The predicted molar refractivity (Wildman–Crippen MR) is 121 cm³/mol. The highest BCUT2D eigenvalue weighted by atomic mass is 32.1. The standard InChI is InChI=1S/C23H20FN3S2/c24-17-12-10-15(11-13-17)14-25-27-21(16-6-2-1-3-7-16)20-18-8-4-5-9-19(18)29-22(20)26-23(27)28/h1-3,6-7,10-14,21H,4-5,8-9H2,(H,26,28)/b25-14+. The van der Waals surface area contributed by atoms with E-state index in [2.05, 4.69) is 29.6 Å². The highest BCUT2D eigenvalue weighted by Crippen LogP contribution is 2.47. The zero-order valence-corrected chi connectivity index (χ0v) is 17.4. The van der Waals surface area contributed by atoms with E-state index in [-0.39, 0.29) is 11.9 Å². The summed E-state index contributed by atoms with van der Waals surface area (Å²) in [7, 11) is 0. The van der Waals surface area contributed by atoms with Gasteiger partial charge in [0.2, 0.25) is 0 Å². The maximum absolute atomic E-state index is 13.2. The second kappa shape index (κ2) is 7.69. The van der Waals surface area contributed by atoms with E-state index in [1.165, 1.54) is 46.5 Å². The molecule has 1 N–H and O–H groups in total. The number of halogens is 1. The SMILES string of the molecule is Fc1ccc(/C=N/N2C(=S)Nc3sc4c(c3C2c2ccccc2)CCCC4)cc1. The number of hydrogen-bond donors (Lipinski definition) is 1. The highest BCUT2D eigenvalue weighted by Gasteiger charge is 2.36. The Morgan fingerprint density at radius 3 is 2.62 bits per heavy atom. The summed E-state index contributed by atoms with van der Waals surface area (Å²) in [6.07, 6.45) is 6.46. The molecule has 1 atom stereocenters. The van der Waals surface area contributed by atoms with Crippen LogP contribution in [-0.4, -0.2) is 16.3 Å². The van der Waals surface area contributed by atoms with Crippen LogP contribution in [0.1, 0.15) is 46.0 Å². The molecule has 146 valence electrons. The van der Waals surface area contributed by atoms with Gasteiger partial charge in [-0.1, -0.05) is 42.5 Å². The highest BCUT2D eigenvalue weighted by molar-refractivity contribution is 7.80. The van der Waals surface area contributed by atoms with Gasteiger partial charge in [-0.05, 0) is 66.7 Å². The average Bonchev–Trinajstić information content (AvgIpc) is 3.11. The molecule has 2 heterocycles. The minimum absolute atomic E-state index is 0.0604. The number of rotatable bonds is 3. The third-order valence-electron chi connectivity index (χ3n) is 5.48. The van der Waals surface area contributed by atoms with Crippen molar-refractivity contribution in [3.63, 3.8) is 0 Å². The molecule has 6 heteroatoms. The fraction of sp³-hybridized carbons (Fsp3) is 0.217. The summed E-state index contributed by atoms with van der Waals surface area (Å²) in [6, 6.07) is 16.7. The first-order valence-electron chi connectivity index (χ1n) is 9.80. The zero-order valence-electron chi connectivity index (χ0n) is 15.8. The topological polar surface area (TPSA) is 27.6 Å². The van der Waals surface area contributed by atoms with E-state index in [0.717, 1.165) is 23.4 Å². The first kappa shape index (κ1) is 18.5. The van der Waals surface area contributed by atoms with E-state index in [1.54, 1.807) is 18.3 Å². The molecule has 2 aliphatic rings. The van der Waals surface area contributed by atoms with Crippen molar-refractivity contribution in [3.05, 3.63) is 87.5 Å². The lowest BCUT2D eigenvalue weighted by Crippen LogP contribution is -2.39. The number of anilines is 1. The Bertz CT molecular complexity index is 1070. The Hall–Kier alpha value is -2.57. The number of fused-ring (bicyclic) bond motifs is 3. The molecule has 0 radical (unpaired) electrons. The van der Waals surface area contributed by atoms with Crippen molar-refractivity contribution in [1.29, 1.82) is 0 Å². The predicted octanol–water partition coefficient (Wildman–Crippen LogP) is 5.90. The normalized spacial score (nSPS) is 18.4. The lowest BCUT2D eigenvalue weighted by molar-refractivity contribution is 0.377. The summed E-state index contributed by atoms with van der Waals surface area (Å²) >= 11 is 7.54. The fourth-order valence-corrected chi connectivity index (χ4v) is 5.75. The van der Waals surface area contributed by atoms with Gasteiger partial charge in [0.15, 0.2) is 5.11 Å². The number of hydrogen-bond acceptors (Lipinski definition) is 3. The van der Waals surface area contributed by atoms with E-state index < -0.39 is 0 Å². The van der Waals surface area contributed by atoms with Crippen LogP contribution >= 0.6 is 23.6 Å². The Morgan fingerprint density at radius 1 is 1.07 bits per heavy atom. The molecule has 2 aromatic carbocycles. The van der Waals surface area contributed by atoms with Crippen LogP contribution in [0.25, 0.3) is 0 Å². The quantitative estimate of drug-likeness (QED) is 0.421. The molecule has 1 unspecified atom stereocenters. The second-order valence-electron chi connectivity index (χ2n) is 7.34. The summed E-state index contributed by atoms with van der Waals surface area (Å²) in [6.45, 7) is 0. The summed E-state index contributed by atoms with van der Waals surface area (Å²) in [5.41, 5.74) is 4.77. The Labute approximate surface area is 178 Å². The van der Waals surface area contributed by atoms with Gasteiger partial charge in [-0.25, -0.2) is 9.40 Å². The number of thiocarbonyl (C=S) groups is 1. The van der Waals surface area contributed by atoms with E-state index in [0.29, 0.717) is 5.11 Å². The lowest BCUT2D eigenvalue weighted by atomic mass is 9.89. The van der Waals surface area contributed by atoms with Gasteiger partial charge in [-0.3, -0.25) is 0 Å². The molecular formula is C23H20FN3S2. The molecule has 0 spiro atoms. The number of thiophene rings is 1. The van der Waals surface area contributed by atoms with Gasteiger partial charge in [0.25, 0.3) is 0 Å². The van der Waals surface area contributed by atoms with Crippen LogP contribution in [0.3, 0.4) is 0 Å². The van der Waals surface area contributed by atoms with Gasteiger partial charge in [0.1, 0.15) is 16.9 Å². The van der Waals surface area contributed by atoms with Crippen molar-refractivity contribution in [2.75, 3.05) is 5.32 Å². The van der Waals surface area contributed by atoms with Crippen molar-refractivity contribution >= 4 is 39.9 Å². The smallest absolute Gasteiger partial charge is 0.195 e. The molecule has 1 aromatic heterocycles. The fourth-order valence-electron chi connectivity index (χ4n) is 4.11. The lowest BCUT2D eigenvalue weighted by Gasteiger charge is -2.35. The number of hydrazone groups is 1. The van der Waals surface area contributed by atoms with Gasteiger partial charge in [0.05, 0.1) is 6.21 Å². The van der Waals surface area contributed by atoms with Gasteiger partial charge in [0, 0.05) is 10.4 Å². The summed E-state index contributed by atoms with van der Waals surface area (Å²) < 4.78 is 13.2. The first-order valence-corrected chi connectivity index (χ1v) is 11.0. The van der Waals surface area contributed by atoms with E-state index in [1.807, 2.05) is 22.4 Å². The van der Waals surface area contributed by atoms with E-state index in [9.17, 15) is 4.39 Å². The minimum atomic E-state index is -0.256. The van der Waals surface area contributed by atoms with Crippen LogP contribution in [0.5, 0.6) is 0 Å². The molecule has 0 amide bonds. The Morgan fingerprint density at radius 2 is 1.83 bits per heavy atom. The summed E-state index contributed by atoms with van der Waals surface area (Å²) in [5.74, 6) is -0.256. The van der Waals surface area contributed by atoms with E-state index in [4.69, 9.17) is 17.3 Å². The minimum Gasteiger partial charge on any atom is -0.322 e. The van der Waals surface area contributed by atoms with Crippen LogP contribution in [0.2, 0.25) is 0 Å². The van der Waals surface area contributed by atoms with Crippen LogP contribution < -0.4 is 5.32 Å². The van der Waals surface area contributed by atoms with Crippen molar-refractivity contribution in [2.45, 2.75) is 31.7 Å². The summed E-state index contributed by atoms with van der Waals surface area (Å²) in [5, 5.41) is 11.8. The van der Waals surface area contributed by atoms with Gasteiger partial charge >= 0.3 is 0 Å². The molecule has 0 fully saturated rings. The van der Waals surface area contributed by atoms with Crippen LogP contribution in [0.4, 0.5) is 9.39 Å². The molecule has 1 aliphatic heterocycles.